The average molecular weight is 376 g/mol. The van der Waals surface area contributed by atoms with Gasteiger partial charge in [0.15, 0.2) is 0 Å². The molecule has 1 fully saturated rings. The van der Waals surface area contributed by atoms with Crippen LogP contribution in [0.1, 0.15) is 11.1 Å². The first-order chi connectivity index (χ1) is 11.2. The van der Waals surface area contributed by atoms with Crippen LogP contribution >= 0.6 is 15.9 Å². The Kier molecular flexibility index (Phi) is 5.65. The van der Waals surface area contributed by atoms with Gasteiger partial charge in [0.05, 0.1) is 7.11 Å². The molecule has 0 atom stereocenters. The lowest BCUT2D eigenvalue weighted by atomic mass is 10.1. The van der Waals surface area contributed by atoms with Crippen molar-refractivity contribution in [1.29, 1.82) is 0 Å². The number of rotatable bonds is 5. The van der Waals surface area contributed by atoms with Crippen LogP contribution in [0.3, 0.4) is 0 Å². The van der Waals surface area contributed by atoms with E-state index in [1.54, 1.807) is 7.11 Å². The van der Waals surface area contributed by atoms with Crippen LogP contribution in [-0.2, 0) is 13.1 Å². The molecule has 4 nitrogen and oxygen atoms in total. The number of hydrogen-bond acceptors (Lipinski definition) is 4. The number of methoxy groups -OCH3 is 1. The minimum atomic E-state index is 0.934. The minimum absolute atomic E-state index is 0.934. The summed E-state index contributed by atoms with van der Waals surface area (Å²) in [5.74, 6) is 0.964. The quantitative estimate of drug-likeness (QED) is 0.802. The molecule has 2 aromatic rings. The second-order valence-corrected chi connectivity index (χ2v) is 6.79. The van der Waals surface area contributed by atoms with Gasteiger partial charge in [-0.3, -0.25) is 14.8 Å². The summed E-state index contributed by atoms with van der Waals surface area (Å²) >= 11 is 3.55. The lowest BCUT2D eigenvalue weighted by Crippen LogP contribution is -2.45. The van der Waals surface area contributed by atoms with Crippen molar-refractivity contribution in [3.8, 4) is 5.75 Å². The van der Waals surface area contributed by atoms with E-state index >= 15 is 0 Å². The Morgan fingerprint density at radius 3 is 2.48 bits per heavy atom. The zero-order valence-corrected chi connectivity index (χ0v) is 15.0. The highest BCUT2D eigenvalue weighted by Crippen LogP contribution is 2.24. The van der Waals surface area contributed by atoms with Crippen LogP contribution in [0.4, 0.5) is 0 Å². The van der Waals surface area contributed by atoms with E-state index in [1.165, 1.54) is 11.1 Å². The monoisotopic (exact) mass is 375 g/mol. The smallest absolute Gasteiger partial charge is 0.123 e. The van der Waals surface area contributed by atoms with Gasteiger partial charge in [-0.2, -0.15) is 0 Å². The van der Waals surface area contributed by atoms with E-state index in [0.717, 1.165) is 49.5 Å². The molecule has 2 heterocycles. The minimum Gasteiger partial charge on any atom is -0.496 e. The zero-order chi connectivity index (χ0) is 16.1. The molecule has 3 rings (SSSR count). The molecule has 0 bridgehead atoms. The molecule has 23 heavy (non-hydrogen) atoms. The van der Waals surface area contributed by atoms with E-state index < -0.39 is 0 Å². The third-order valence-electron chi connectivity index (χ3n) is 4.23. The molecule has 0 amide bonds. The summed E-state index contributed by atoms with van der Waals surface area (Å²) in [6.07, 6.45) is 3.78. The maximum absolute atomic E-state index is 5.48. The van der Waals surface area contributed by atoms with Crippen molar-refractivity contribution in [2.45, 2.75) is 13.1 Å². The first-order valence-electron chi connectivity index (χ1n) is 7.90. The second-order valence-electron chi connectivity index (χ2n) is 5.87. The zero-order valence-electron chi connectivity index (χ0n) is 13.4. The number of ether oxygens (including phenoxy) is 1. The van der Waals surface area contributed by atoms with Crippen molar-refractivity contribution >= 4 is 15.9 Å². The van der Waals surface area contributed by atoms with Crippen LogP contribution < -0.4 is 4.74 Å². The number of hydrogen-bond donors (Lipinski definition) is 0. The van der Waals surface area contributed by atoms with Crippen LogP contribution in [-0.4, -0.2) is 48.1 Å². The van der Waals surface area contributed by atoms with Gasteiger partial charge in [0.2, 0.25) is 0 Å². The molecule has 122 valence electrons. The van der Waals surface area contributed by atoms with Gasteiger partial charge in [-0.1, -0.05) is 22.0 Å². The standard InChI is InChI=1S/C18H22BrN3O/c1-23-18-5-4-17(19)11-16(18)14-22-9-7-21(8-10-22)13-15-3-2-6-20-12-15/h2-6,11-12H,7-10,13-14H2,1H3. The van der Waals surface area contributed by atoms with Gasteiger partial charge in [0.25, 0.3) is 0 Å². The van der Waals surface area contributed by atoms with E-state index in [1.807, 2.05) is 30.6 Å². The first kappa shape index (κ1) is 16.4. The molecule has 5 heteroatoms. The molecule has 0 unspecified atom stereocenters. The number of nitrogens with zero attached hydrogens (tertiary/aromatic N) is 3. The van der Waals surface area contributed by atoms with Gasteiger partial charge < -0.3 is 4.74 Å². The lowest BCUT2D eigenvalue weighted by Gasteiger charge is -2.34. The van der Waals surface area contributed by atoms with Crippen molar-refractivity contribution in [1.82, 2.24) is 14.8 Å². The Balaban J connectivity index is 1.54. The Morgan fingerprint density at radius 2 is 1.83 bits per heavy atom. The Labute approximate surface area is 146 Å². The van der Waals surface area contributed by atoms with Crippen molar-refractivity contribution in [2.24, 2.45) is 0 Å². The summed E-state index contributed by atoms with van der Waals surface area (Å²) in [5.41, 5.74) is 2.53. The number of piperazine rings is 1. The fourth-order valence-electron chi connectivity index (χ4n) is 2.97. The van der Waals surface area contributed by atoms with Crippen molar-refractivity contribution < 1.29 is 4.74 Å². The summed E-state index contributed by atoms with van der Waals surface area (Å²) < 4.78 is 6.58. The molecule has 1 saturated heterocycles. The highest BCUT2D eigenvalue weighted by Gasteiger charge is 2.18. The predicted molar refractivity (Wildman–Crippen MR) is 95.5 cm³/mol. The van der Waals surface area contributed by atoms with Crippen LogP contribution in [0.5, 0.6) is 5.75 Å². The topological polar surface area (TPSA) is 28.6 Å². The molecule has 1 aromatic heterocycles. The van der Waals surface area contributed by atoms with Crippen LogP contribution in [0.15, 0.2) is 47.2 Å². The van der Waals surface area contributed by atoms with Gasteiger partial charge >= 0.3 is 0 Å². The fourth-order valence-corrected chi connectivity index (χ4v) is 3.38. The van der Waals surface area contributed by atoms with E-state index in [9.17, 15) is 0 Å². The van der Waals surface area contributed by atoms with E-state index in [-0.39, 0.29) is 0 Å². The molecule has 1 aromatic carbocycles. The van der Waals surface area contributed by atoms with Crippen LogP contribution in [0, 0.1) is 0 Å². The molecular formula is C18H22BrN3O. The van der Waals surface area contributed by atoms with E-state index in [4.69, 9.17) is 4.74 Å². The molecule has 0 radical (unpaired) electrons. The molecular weight excluding hydrogens is 354 g/mol. The average Bonchev–Trinajstić information content (AvgIpc) is 2.58. The fraction of sp³-hybridized carbons (Fsp3) is 0.389. The van der Waals surface area contributed by atoms with Gasteiger partial charge in [0.1, 0.15) is 5.75 Å². The second kappa shape index (κ2) is 7.90. The van der Waals surface area contributed by atoms with Crippen molar-refractivity contribution in [3.05, 3.63) is 58.3 Å². The SMILES string of the molecule is COc1ccc(Br)cc1CN1CCN(Cc2cccnc2)CC1. The summed E-state index contributed by atoms with van der Waals surface area (Å²) in [4.78, 5) is 9.17. The first-order valence-corrected chi connectivity index (χ1v) is 8.70. The van der Waals surface area contributed by atoms with Crippen LogP contribution in [0.25, 0.3) is 0 Å². The summed E-state index contributed by atoms with van der Waals surface area (Å²) in [6.45, 7) is 6.26. The molecule has 1 aliphatic heterocycles. The molecule has 0 spiro atoms. The number of halogens is 1. The highest BCUT2D eigenvalue weighted by molar-refractivity contribution is 9.10. The Bertz CT molecular complexity index is 627. The van der Waals surface area contributed by atoms with E-state index in [0.29, 0.717) is 0 Å². The largest absolute Gasteiger partial charge is 0.496 e. The van der Waals surface area contributed by atoms with Gasteiger partial charge in [0, 0.05) is 61.7 Å². The molecule has 1 aliphatic rings. The number of aromatic nitrogens is 1. The third kappa shape index (κ3) is 4.53. The van der Waals surface area contributed by atoms with Gasteiger partial charge in [-0.05, 0) is 29.8 Å². The maximum Gasteiger partial charge on any atom is 0.123 e. The molecule has 0 N–H and O–H groups in total. The Morgan fingerprint density at radius 1 is 1.09 bits per heavy atom. The number of pyridine rings is 1. The van der Waals surface area contributed by atoms with Crippen molar-refractivity contribution in [2.75, 3.05) is 33.3 Å². The highest BCUT2D eigenvalue weighted by atomic mass is 79.9. The van der Waals surface area contributed by atoms with Gasteiger partial charge in [-0.25, -0.2) is 0 Å². The summed E-state index contributed by atoms with van der Waals surface area (Å²) in [5, 5.41) is 0. The number of benzene rings is 1. The van der Waals surface area contributed by atoms with Crippen LogP contribution in [0.2, 0.25) is 0 Å². The Hall–Kier alpha value is -1.43. The normalized spacial score (nSPS) is 16.4. The molecule has 0 aliphatic carbocycles. The molecule has 0 saturated carbocycles. The lowest BCUT2D eigenvalue weighted by molar-refractivity contribution is 0.121. The summed E-state index contributed by atoms with van der Waals surface area (Å²) in [7, 11) is 1.73. The van der Waals surface area contributed by atoms with Gasteiger partial charge in [-0.15, -0.1) is 0 Å². The maximum atomic E-state index is 5.48. The third-order valence-corrected chi connectivity index (χ3v) is 4.72. The predicted octanol–water partition coefficient (Wildman–Crippen LogP) is 3.17. The van der Waals surface area contributed by atoms with E-state index in [2.05, 4.69) is 42.8 Å². The van der Waals surface area contributed by atoms with Crippen molar-refractivity contribution in [3.63, 3.8) is 0 Å². The summed E-state index contributed by atoms with van der Waals surface area (Å²) in [6, 6.07) is 10.4.